The van der Waals surface area contributed by atoms with Gasteiger partial charge in [-0.15, -0.1) is 0 Å². The first-order chi connectivity index (χ1) is 8.97. The van der Waals surface area contributed by atoms with Gasteiger partial charge in [0.15, 0.2) is 0 Å². The van der Waals surface area contributed by atoms with E-state index in [1.54, 1.807) is 12.1 Å². The van der Waals surface area contributed by atoms with Crippen LogP contribution >= 0.6 is 43.5 Å². The van der Waals surface area contributed by atoms with Crippen molar-refractivity contribution >= 4 is 55.1 Å². The molecule has 0 atom stereocenters. The van der Waals surface area contributed by atoms with Gasteiger partial charge in [0.25, 0.3) is 5.91 Å². The van der Waals surface area contributed by atoms with Gasteiger partial charge in [0, 0.05) is 14.5 Å². The lowest BCUT2D eigenvalue weighted by Gasteiger charge is -2.08. The Morgan fingerprint density at radius 3 is 2.47 bits per heavy atom. The predicted octanol–water partition coefficient (Wildman–Crippen LogP) is 5.26. The van der Waals surface area contributed by atoms with Crippen LogP contribution in [0.5, 0.6) is 0 Å². The van der Waals surface area contributed by atoms with Crippen LogP contribution in [-0.4, -0.2) is 5.91 Å². The average Bonchev–Trinajstić information content (AvgIpc) is 2.37. The molecule has 1 amide bonds. The van der Waals surface area contributed by atoms with E-state index in [1.165, 1.54) is 24.3 Å². The Hall–Kier alpha value is -0.910. The molecule has 2 aromatic carbocycles. The lowest BCUT2D eigenvalue weighted by atomic mass is 10.2. The SMILES string of the molecule is O=C(Nc1cc(F)ccc1Br)c1ccc(Br)c(Cl)c1. The normalized spacial score (nSPS) is 10.3. The van der Waals surface area contributed by atoms with E-state index < -0.39 is 5.82 Å². The fraction of sp³-hybridized carbons (Fsp3) is 0. The predicted molar refractivity (Wildman–Crippen MR) is 81.2 cm³/mol. The number of hydrogen-bond donors (Lipinski definition) is 1. The molecule has 1 N–H and O–H groups in total. The van der Waals surface area contributed by atoms with Crippen molar-refractivity contribution in [3.63, 3.8) is 0 Å². The first kappa shape index (κ1) is 14.5. The molecule has 2 rings (SSSR count). The van der Waals surface area contributed by atoms with Crippen LogP contribution in [-0.2, 0) is 0 Å². The highest BCUT2D eigenvalue weighted by Gasteiger charge is 2.10. The first-order valence-electron chi connectivity index (χ1n) is 5.19. The van der Waals surface area contributed by atoms with Crippen LogP contribution < -0.4 is 5.32 Å². The molecule has 6 heteroatoms. The fourth-order valence-corrected chi connectivity index (χ4v) is 2.20. The molecule has 98 valence electrons. The Balaban J connectivity index is 2.25. The monoisotopic (exact) mass is 405 g/mol. The molecule has 2 aromatic rings. The molecule has 0 bridgehead atoms. The molecule has 0 aliphatic rings. The van der Waals surface area contributed by atoms with Crippen molar-refractivity contribution in [2.45, 2.75) is 0 Å². The third-order valence-electron chi connectivity index (χ3n) is 2.36. The topological polar surface area (TPSA) is 29.1 Å². The summed E-state index contributed by atoms with van der Waals surface area (Å²) in [6, 6.07) is 8.91. The second-order valence-electron chi connectivity index (χ2n) is 3.71. The maximum Gasteiger partial charge on any atom is 0.255 e. The Bertz CT molecular complexity index is 649. The zero-order valence-electron chi connectivity index (χ0n) is 9.38. The van der Waals surface area contributed by atoms with Gasteiger partial charge in [-0.1, -0.05) is 11.6 Å². The smallest absolute Gasteiger partial charge is 0.255 e. The van der Waals surface area contributed by atoms with Crippen molar-refractivity contribution in [3.8, 4) is 0 Å². The molecular weight excluding hydrogens is 400 g/mol. The van der Waals surface area contributed by atoms with Crippen LogP contribution in [0.25, 0.3) is 0 Å². The Morgan fingerprint density at radius 1 is 1.11 bits per heavy atom. The van der Waals surface area contributed by atoms with Crippen LogP contribution in [0.15, 0.2) is 45.3 Å². The molecule has 0 unspecified atom stereocenters. The van der Waals surface area contributed by atoms with Crippen molar-refractivity contribution in [1.29, 1.82) is 0 Å². The number of anilines is 1. The molecule has 0 saturated heterocycles. The highest BCUT2D eigenvalue weighted by atomic mass is 79.9. The number of nitrogens with one attached hydrogen (secondary N) is 1. The summed E-state index contributed by atoms with van der Waals surface area (Å²) in [7, 11) is 0. The van der Waals surface area contributed by atoms with Crippen LogP contribution in [0.3, 0.4) is 0 Å². The summed E-state index contributed by atoms with van der Waals surface area (Å²) in [5.41, 5.74) is 0.758. The molecule has 0 fully saturated rings. The van der Waals surface area contributed by atoms with E-state index in [9.17, 15) is 9.18 Å². The quantitative estimate of drug-likeness (QED) is 0.723. The van der Waals surface area contributed by atoms with Gasteiger partial charge < -0.3 is 5.32 Å². The van der Waals surface area contributed by atoms with E-state index in [2.05, 4.69) is 37.2 Å². The zero-order chi connectivity index (χ0) is 14.0. The first-order valence-corrected chi connectivity index (χ1v) is 7.15. The minimum absolute atomic E-state index is 0.360. The van der Waals surface area contributed by atoms with Gasteiger partial charge in [0.1, 0.15) is 5.82 Å². The second-order valence-corrected chi connectivity index (χ2v) is 5.82. The summed E-state index contributed by atoms with van der Waals surface area (Å²) >= 11 is 12.4. The summed E-state index contributed by atoms with van der Waals surface area (Å²) in [6.07, 6.45) is 0. The lowest BCUT2D eigenvalue weighted by Crippen LogP contribution is -2.12. The van der Waals surface area contributed by atoms with E-state index >= 15 is 0 Å². The van der Waals surface area contributed by atoms with Crippen molar-refractivity contribution in [2.24, 2.45) is 0 Å². The van der Waals surface area contributed by atoms with Gasteiger partial charge in [-0.05, 0) is 68.3 Å². The number of halogens is 4. The Kier molecular flexibility index (Phi) is 4.60. The van der Waals surface area contributed by atoms with Crippen molar-refractivity contribution < 1.29 is 9.18 Å². The third kappa shape index (κ3) is 3.55. The van der Waals surface area contributed by atoms with Gasteiger partial charge in [0.2, 0.25) is 0 Å². The van der Waals surface area contributed by atoms with Crippen molar-refractivity contribution in [1.82, 2.24) is 0 Å². The number of hydrogen-bond acceptors (Lipinski definition) is 1. The van der Waals surface area contributed by atoms with Crippen LogP contribution in [0.2, 0.25) is 5.02 Å². The maximum absolute atomic E-state index is 13.1. The van der Waals surface area contributed by atoms with Crippen LogP contribution in [0, 0.1) is 5.82 Å². The van der Waals surface area contributed by atoms with Gasteiger partial charge in [-0.2, -0.15) is 0 Å². The minimum Gasteiger partial charge on any atom is -0.321 e. The molecule has 0 heterocycles. The van der Waals surface area contributed by atoms with Crippen LogP contribution in [0.4, 0.5) is 10.1 Å². The van der Waals surface area contributed by atoms with Gasteiger partial charge in [-0.25, -0.2) is 4.39 Å². The lowest BCUT2D eigenvalue weighted by molar-refractivity contribution is 0.102. The molecule has 0 aliphatic heterocycles. The molecule has 0 saturated carbocycles. The largest absolute Gasteiger partial charge is 0.321 e. The average molecular weight is 407 g/mol. The molecule has 19 heavy (non-hydrogen) atoms. The third-order valence-corrected chi connectivity index (χ3v) is 4.28. The summed E-state index contributed by atoms with van der Waals surface area (Å²) < 4.78 is 14.4. The number of benzene rings is 2. The van der Waals surface area contributed by atoms with Crippen molar-refractivity contribution in [3.05, 3.63) is 61.7 Å². The van der Waals surface area contributed by atoms with Crippen molar-refractivity contribution in [2.75, 3.05) is 5.32 Å². The maximum atomic E-state index is 13.1. The van der Waals surface area contributed by atoms with Crippen LogP contribution in [0.1, 0.15) is 10.4 Å². The number of amides is 1. The summed E-state index contributed by atoms with van der Waals surface area (Å²) in [5.74, 6) is -0.784. The second kappa shape index (κ2) is 6.03. The standard InChI is InChI=1S/C13H7Br2ClFNO/c14-9-3-1-7(5-11(9)16)13(19)18-12-6-8(17)2-4-10(12)15/h1-6H,(H,18,19). The molecule has 0 aromatic heterocycles. The molecule has 0 spiro atoms. The number of rotatable bonds is 2. The minimum atomic E-state index is -0.424. The van der Waals surface area contributed by atoms with Gasteiger partial charge in [-0.3, -0.25) is 4.79 Å². The van der Waals surface area contributed by atoms with E-state index in [-0.39, 0.29) is 5.91 Å². The fourth-order valence-electron chi connectivity index (χ4n) is 1.43. The van der Waals surface area contributed by atoms with Gasteiger partial charge in [0.05, 0.1) is 10.7 Å². The summed E-state index contributed by atoms with van der Waals surface area (Å²) in [4.78, 5) is 12.0. The van der Waals surface area contributed by atoms with Gasteiger partial charge >= 0.3 is 0 Å². The molecular formula is C13H7Br2ClFNO. The molecule has 0 radical (unpaired) electrons. The highest BCUT2D eigenvalue weighted by Crippen LogP contribution is 2.26. The molecule has 0 aliphatic carbocycles. The summed E-state index contributed by atoms with van der Waals surface area (Å²) in [6.45, 7) is 0. The zero-order valence-corrected chi connectivity index (χ0v) is 13.3. The van der Waals surface area contributed by atoms with E-state index in [1.807, 2.05) is 0 Å². The summed E-state index contributed by atoms with van der Waals surface area (Å²) in [5, 5.41) is 3.05. The highest BCUT2D eigenvalue weighted by molar-refractivity contribution is 9.11. The van der Waals surface area contributed by atoms with E-state index in [0.717, 1.165) is 0 Å². The molecule has 2 nitrogen and oxygen atoms in total. The number of carbonyl (C=O) groups is 1. The number of carbonyl (C=O) groups excluding carboxylic acids is 1. The Labute approximate surface area is 131 Å². The van der Waals surface area contributed by atoms with E-state index in [0.29, 0.717) is 25.2 Å². The van der Waals surface area contributed by atoms with E-state index in [4.69, 9.17) is 11.6 Å². The Morgan fingerprint density at radius 2 is 1.79 bits per heavy atom.